The first-order valence-electron chi connectivity index (χ1n) is 4.33. The number of aryl methyl sites for hydroxylation is 1. The summed E-state index contributed by atoms with van der Waals surface area (Å²) in [5, 5.41) is 4.85. The summed E-state index contributed by atoms with van der Waals surface area (Å²) in [6, 6.07) is 4.48. The summed E-state index contributed by atoms with van der Waals surface area (Å²) in [5.41, 5.74) is 0.559. The summed E-state index contributed by atoms with van der Waals surface area (Å²) >= 11 is 0. The molecular weight excluding hydrogens is 240 g/mol. The Morgan fingerprint density at radius 2 is 2.06 bits per heavy atom. The molecule has 0 atom stereocenters. The largest absolute Gasteiger partial charge is 0.434 e. The van der Waals surface area contributed by atoms with E-state index < -0.39 is 22.4 Å². The summed E-state index contributed by atoms with van der Waals surface area (Å²) < 4.78 is 50.3. The molecule has 0 unspecified atom stereocenters. The van der Waals surface area contributed by atoms with Crippen LogP contribution in [0.15, 0.2) is 18.2 Å². The zero-order valence-electron chi connectivity index (χ0n) is 8.48. The van der Waals surface area contributed by atoms with Crippen molar-refractivity contribution >= 4 is 10.0 Å². The molecule has 0 aromatic heterocycles. The number of sulfonamides is 1. The van der Waals surface area contributed by atoms with Crippen molar-refractivity contribution in [2.75, 3.05) is 0 Å². The smallest absolute Gasteiger partial charge is 0.387 e. The second-order valence-corrected chi connectivity index (χ2v) is 4.86. The number of hydrogen-bond donors (Lipinski definition) is 1. The normalized spacial score (nSPS) is 11.8. The standard InChI is InChI=1S/C9H11F2NO3S/c1-6-3-2-4-7(5-16(12,13)14)8(6)15-9(10)11/h2-4,9H,5H2,1H3,(H2,12,13,14). The number of halogens is 2. The van der Waals surface area contributed by atoms with Crippen LogP contribution in [0.5, 0.6) is 5.75 Å². The second kappa shape index (κ2) is 4.75. The third-order valence-corrected chi connectivity index (χ3v) is 2.57. The molecule has 0 aliphatic carbocycles. The maximum Gasteiger partial charge on any atom is 0.387 e. The zero-order chi connectivity index (χ0) is 12.3. The lowest BCUT2D eigenvalue weighted by Crippen LogP contribution is -2.16. The Morgan fingerprint density at radius 3 is 2.56 bits per heavy atom. The van der Waals surface area contributed by atoms with Gasteiger partial charge in [0.1, 0.15) is 5.75 Å². The minimum absolute atomic E-state index is 0.128. The number of hydrogen-bond acceptors (Lipinski definition) is 3. The Kier molecular flexibility index (Phi) is 3.82. The van der Waals surface area contributed by atoms with E-state index in [-0.39, 0.29) is 11.3 Å². The molecule has 16 heavy (non-hydrogen) atoms. The van der Waals surface area contributed by atoms with Gasteiger partial charge in [0.15, 0.2) is 0 Å². The van der Waals surface area contributed by atoms with E-state index in [4.69, 9.17) is 5.14 Å². The third kappa shape index (κ3) is 3.74. The van der Waals surface area contributed by atoms with E-state index in [9.17, 15) is 17.2 Å². The van der Waals surface area contributed by atoms with E-state index in [2.05, 4.69) is 4.74 Å². The van der Waals surface area contributed by atoms with E-state index in [1.165, 1.54) is 6.07 Å². The van der Waals surface area contributed by atoms with Crippen LogP contribution in [-0.2, 0) is 15.8 Å². The van der Waals surface area contributed by atoms with Gasteiger partial charge in [0.2, 0.25) is 10.0 Å². The Balaban J connectivity index is 3.12. The van der Waals surface area contributed by atoms with Crippen molar-refractivity contribution in [1.82, 2.24) is 0 Å². The van der Waals surface area contributed by atoms with Gasteiger partial charge in [-0.25, -0.2) is 13.6 Å². The van der Waals surface area contributed by atoms with Crippen molar-refractivity contribution in [3.05, 3.63) is 29.3 Å². The lowest BCUT2D eigenvalue weighted by Gasteiger charge is -2.12. The molecule has 7 heteroatoms. The molecular formula is C9H11F2NO3S. The number of ether oxygens (including phenoxy) is 1. The molecule has 0 aliphatic heterocycles. The predicted octanol–water partition coefficient (Wildman–Crippen LogP) is 1.38. The fraction of sp³-hybridized carbons (Fsp3) is 0.333. The van der Waals surface area contributed by atoms with Gasteiger partial charge in [-0.15, -0.1) is 0 Å². The first kappa shape index (κ1) is 12.9. The highest BCUT2D eigenvalue weighted by atomic mass is 32.2. The highest BCUT2D eigenvalue weighted by molar-refractivity contribution is 7.88. The molecule has 90 valence electrons. The molecule has 0 bridgehead atoms. The minimum Gasteiger partial charge on any atom is -0.434 e. The Hall–Kier alpha value is -1.21. The van der Waals surface area contributed by atoms with Crippen molar-refractivity contribution in [3.63, 3.8) is 0 Å². The van der Waals surface area contributed by atoms with E-state index in [0.29, 0.717) is 5.56 Å². The van der Waals surface area contributed by atoms with Gasteiger partial charge in [-0.1, -0.05) is 18.2 Å². The average Bonchev–Trinajstić information content (AvgIpc) is 2.08. The summed E-state index contributed by atoms with van der Waals surface area (Å²) in [6.07, 6.45) is 0. The monoisotopic (exact) mass is 251 g/mol. The Labute approximate surface area is 92.1 Å². The van der Waals surface area contributed by atoms with Crippen LogP contribution in [-0.4, -0.2) is 15.0 Å². The fourth-order valence-electron chi connectivity index (χ4n) is 1.30. The maximum atomic E-state index is 12.1. The molecule has 0 aliphatic rings. The number of rotatable bonds is 4. The molecule has 4 nitrogen and oxygen atoms in total. The van der Waals surface area contributed by atoms with Gasteiger partial charge in [0.05, 0.1) is 5.75 Å². The molecule has 0 heterocycles. The molecule has 1 rings (SSSR count). The van der Waals surface area contributed by atoms with Gasteiger partial charge in [0, 0.05) is 5.56 Å². The topological polar surface area (TPSA) is 69.4 Å². The van der Waals surface area contributed by atoms with Crippen molar-refractivity contribution in [3.8, 4) is 5.75 Å². The second-order valence-electron chi connectivity index (χ2n) is 3.25. The molecule has 1 aromatic carbocycles. The number of para-hydroxylation sites is 1. The quantitative estimate of drug-likeness (QED) is 0.879. The van der Waals surface area contributed by atoms with Crippen LogP contribution in [0, 0.1) is 6.92 Å². The maximum absolute atomic E-state index is 12.1. The molecule has 0 saturated carbocycles. The van der Waals surface area contributed by atoms with E-state index in [1.807, 2.05) is 0 Å². The van der Waals surface area contributed by atoms with E-state index in [1.54, 1.807) is 19.1 Å². The van der Waals surface area contributed by atoms with Crippen LogP contribution >= 0.6 is 0 Å². The van der Waals surface area contributed by atoms with Gasteiger partial charge in [-0.05, 0) is 12.5 Å². The zero-order valence-corrected chi connectivity index (χ0v) is 9.30. The van der Waals surface area contributed by atoms with Crippen molar-refractivity contribution in [2.45, 2.75) is 19.3 Å². The van der Waals surface area contributed by atoms with Gasteiger partial charge >= 0.3 is 6.61 Å². The van der Waals surface area contributed by atoms with Crippen LogP contribution in [0.1, 0.15) is 11.1 Å². The van der Waals surface area contributed by atoms with Crippen molar-refractivity contribution in [2.24, 2.45) is 5.14 Å². The number of primary sulfonamides is 1. The predicted molar refractivity (Wildman–Crippen MR) is 54.6 cm³/mol. The van der Waals surface area contributed by atoms with Crippen LogP contribution in [0.4, 0.5) is 8.78 Å². The summed E-state index contributed by atoms with van der Waals surface area (Å²) in [7, 11) is -3.78. The summed E-state index contributed by atoms with van der Waals surface area (Å²) in [4.78, 5) is 0. The number of alkyl halides is 2. The molecule has 2 N–H and O–H groups in total. The van der Waals surface area contributed by atoms with Crippen LogP contribution in [0.2, 0.25) is 0 Å². The van der Waals surface area contributed by atoms with Crippen molar-refractivity contribution < 1.29 is 21.9 Å². The Morgan fingerprint density at radius 1 is 1.44 bits per heavy atom. The van der Waals surface area contributed by atoms with E-state index >= 15 is 0 Å². The SMILES string of the molecule is Cc1cccc(CS(N)(=O)=O)c1OC(F)F. The van der Waals surface area contributed by atoms with Gasteiger partial charge in [0.25, 0.3) is 0 Å². The first-order valence-corrected chi connectivity index (χ1v) is 6.05. The summed E-state index contributed by atoms with van der Waals surface area (Å²) in [6.45, 7) is -1.45. The van der Waals surface area contributed by atoms with Crippen LogP contribution in [0.25, 0.3) is 0 Å². The molecule has 0 spiro atoms. The van der Waals surface area contributed by atoms with Crippen LogP contribution < -0.4 is 9.88 Å². The molecule has 0 saturated heterocycles. The fourth-order valence-corrected chi connectivity index (χ4v) is 1.96. The minimum atomic E-state index is -3.78. The highest BCUT2D eigenvalue weighted by Gasteiger charge is 2.15. The molecule has 1 aromatic rings. The Bertz CT molecular complexity index is 474. The summed E-state index contributed by atoms with van der Waals surface area (Å²) in [5.74, 6) is -0.664. The lowest BCUT2D eigenvalue weighted by atomic mass is 10.1. The van der Waals surface area contributed by atoms with Crippen LogP contribution in [0.3, 0.4) is 0 Å². The van der Waals surface area contributed by atoms with Crippen molar-refractivity contribution in [1.29, 1.82) is 0 Å². The van der Waals surface area contributed by atoms with Gasteiger partial charge < -0.3 is 4.74 Å². The first-order chi connectivity index (χ1) is 7.29. The van der Waals surface area contributed by atoms with Gasteiger partial charge in [-0.2, -0.15) is 8.78 Å². The van der Waals surface area contributed by atoms with Gasteiger partial charge in [-0.3, -0.25) is 0 Å². The molecule has 0 radical (unpaired) electrons. The van der Waals surface area contributed by atoms with E-state index in [0.717, 1.165) is 0 Å². The molecule has 0 amide bonds. The third-order valence-electron chi connectivity index (χ3n) is 1.86. The number of nitrogens with two attached hydrogens (primary N) is 1. The lowest BCUT2D eigenvalue weighted by molar-refractivity contribution is -0.0507. The molecule has 0 fully saturated rings. The average molecular weight is 251 g/mol. The highest BCUT2D eigenvalue weighted by Crippen LogP contribution is 2.26. The number of benzene rings is 1.